The zero-order chi connectivity index (χ0) is 11.1. The van der Waals surface area contributed by atoms with Crippen LogP contribution in [0.4, 0.5) is 0 Å². The molecule has 14 heavy (non-hydrogen) atoms. The van der Waals surface area contributed by atoms with Crippen LogP contribution < -0.4 is 0 Å². The first-order valence-corrected chi connectivity index (χ1v) is 9.77. The molecule has 1 atom stereocenters. The summed E-state index contributed by atoms with van der Waals surface area (Å²) in [6, 6.07) is 1.33. The molecule has 0 aliphatic heterocycles. The van der Waals surface area contributed by atoms with Crippen molar-refractivity contribution in [2.24, 2.45) is 0 Å². The first-order valence-electron chi connectivity index (χ1n) is 5.28. The molecule has 1 rings (SSSR count). The van der Waals surface area contributed by atoms with Crippen molar-refractivity contribution < 1.29 is 20.4 Å². The van der Waals surface area contributed by atoms with E-state index in [0.717, 1.165) is 0 Å². The van der Waals surface area contributed by atoms with Crippen LogP contribution in [-0.4, -0.2) is 8.07 Å². The summed E-state index contributed by atoms with van der Waals surface area (Å²) in [5.41, 5.74) is 4.73. The van der Waals surface area contributed by atoms with Gasteiger partial charge < -0.3 is 0 Å². The molecule has 0 bridgehead atoms. The molecule has 0 amide bonds. The predicted octanol–water partition coefficient (Wildman–Crippen LogP) is 4.33. The minimum atomic E-state index is -0.959. The summed E-state index contributed by atoms with van der Waals surface area (Å²) in [6.45, 7) is 14.2. The molecule has 0 aromatic heterocycles. The van der Waals surface area contributed by atoms with E-state index in [1.54, 1.807) is 16.7 Å². The molecule has 0 nitrogen and oxygen atoms in total. The summed E-state index contributed by atoms with van der Waals surface area (Å²) in [6.07, 6.45) is 2.48. The van der Waals surface area contributed by atoms with Crippen molar-refractivity contribution >= 4 is 8.07 Å². The van der Waals surface area contributed by atoms with Gasteiger partial charge in [-0.2, -0.15) is 0 Å². The Morgan fingerprint density at radius 3 is 2.07 bits per heavy atom. The summed E-state index contributed by atoms with van der Waals surface area (Å²) in [4.78, 5) is 0. The summed E-state index contributed by atoms with van der Waals surface area (Å²) < 4.78 is 0.305. The van der Waals surface area contributed by atoms with E-state index in [0.29, 0.717) is 3.72 Å². The third-order valence-corrected chi connectivity index (χ3v) is 5.26. The third kappa shape index (κ3) is 2.71. The van der Waals surface area contributed by atoms with Crippen molar-refractivity contribution in [3.05, 3.63) is 22.8 Å². The van der Waals surface area contributed by atoms with Crippen LogP contribution in [0.1, 0.15) is 20.8 Å². The Bertz CT molecular complexity index is 303. The van der Waals surface area contributed by atoms with E-state index >= 15 is 0 Å². The molecule has 0 saturated heterocycles. The van der Waals surface area contributed by atoms with Crippen molar-refractivity contribution in [2.75, 3.05) is 0 Å². The first kappa shape index (κ1) is 12.5. The Kier molecular flexibility index (Phi) is 3.36. The van der Waals surface area contributed by atoms with E-state index in [-0.39, 0.29) is 0 Å². The van der Waals surface area contributed by atoms with Crippen LogP contribution in [0, 0.1) is 0 Å². The van der Waals surface area contributed by atoms with Crippen LogP contribution in [-0.2, 0) is 20.4 Å². The molecule has 0 heterocycles. The fourth-order valence-electron chi connectivity index (χ4n) is 1.95. The normalized spacial score (nSPS) is 28.2. The Balaban J connectivity index is 2.95. The first-order chi connectivity index (χ1) is 6.13. The van der Waals surface area contributed by atoms with Gasteiger partial charge in [0.25, 0.3) is 0 Å². The predicted molar refractivity (Wildman–Crippen MR) is 63.0 cm³/mol. The molecule has 1 unspecified atom stereocenters. The fourth-order valence-corrected chi connectivity index (χ4v) is 4.03. The van der Waals surface area contributed by atoms with Gasteiger partial charge >= 0.3 is 101 Å². The maximum absolute atomic E-state index is 2.48. The van der Waals surface area contributed by atoms with E-state index in [1.807, 2.05) is 0 Å². The summed E-state index contributed by atoms with van der Waals surface area (Å²) in [7, 11) is -0.959. The van der Waals surface area contributed by atoms with Crippen LogP contribution in [0.25, 0.3) is 0 Å². The molecular formula is C12H21SiTi. The molecule has 1 aliphatic rings. The van der Waals surface area contributed by atoms with Gasteiger partial charge in [-0.1, -0.05) is 0 Å². The zero-order valence-electron chi connectivity index (χ0n) is 10.3. The Labute approximate surface area is 101 Å². The SMILES string of the molecule is CC1=C(C)[C](C)([Ti])C=C1C[Si](C)(C)C. The van der Waals surface area contributed by atoms with Crippen LogP contribution in [0.2, 0.25) is 29.4 Å². The van der Waals surface area contributed by atoms with Crippen LogP contribution in [0.15, 0.2) is 22.8 Å². The molecular weight excluding hydrogens is 220 g/mol. The minimum absolute atomic E-state index is 0.305. The van der Waals surface area contributed by atoms with Gasteiger partial charge in [-0.15, -0.1) is 0 Å². The average molecular weight is 241 g/mol. The van der Waals surface area contributed by atoms with Gasteiger partial charge in [0.2, 0.25) is 0 Å². The Morgan fingerprint density at radius 2 is 1.79 bits per heavy atom. The fraction of sp³-hybridized carbons (Fsp3) is 0.667. The van der Waals surface area contributed by atoms with E-state index in [9.17, 15) is 0 Å². The van der Waals surface area contributed by atoms with Gasteiger partial charge in [-0.3, -0.25) is 0 Å². The van der Waals surface area contributed by atoms with Crippen LogP contribution in [0.5, 0.6) is 0 Å². The van der Waals surface area contributed by atoms with Gasteiger partial charge in [0.05, 0.1) is 0 Å². The monoisotopic (exact) mass is 241 g/mol. The standard InChI is InChI=1S/C12H21Si.Ti/c1-9-7-12(8-13(4,5)6)11(3)10(9)2;/h7H,8H2,1-6H3;. The van der Waals surface area contributed by atoms with Crippen LogP contribution >= 0.6 is 0 Å². The average Bonchev–Trinajstić information content (AvgIpc) is 2.11. The molecule has 0 N–H and O–H groups in total. The topological polar surface area (TPSA) is 0 Å². The summed E-state index contributed by atoms with van der Waals surface area (Å²) in [5, 5.41) is 0. The van der Waals surface area contributed by atoms with Gasteiger partial charge in [-0.25, -0.2) is 0 Å². The molecule has 1 aliphatic carbocycles. The van der Waals surface area contributed by atoms with Crippen molar-refractivity contribution in [3.8, 4) is 0 Å². The second-order valence-electron chi connectivity index (χ2n) is 5.86. The Hall–Kier alpha value is 0.411. The van der Waals surface area contributed by atoms with E-state index in [2.05, 4.69) is 66.9 Å². The quantitative estimate of drug-likeness (QED) is 0.631. The van der Waals surface area contributed by atoms with Crippen molar-refractivity contribution in [3.63, 3.8) is 0 Å². The van der Waals surface area contributed by atoms with Gasteiger partial charge in [0.15, 0.2) is 0 Å². The number of hydrogen-bond acceptors (Lipinski definition) is 0. The van der Waals surface area contributed by atoms with E-state index in [4.69, 9.17) is 0 Å². The van der Waals surface area contributed by atoms with Crippen LogP contribution in [0.3, 0.4) is 0 Å². The van der Waals surface area contributed by atoms with Gasteiger partial charge in [0, 0.05) is 0 Å². The number of allylic oxidation sites excluding steroid dienone is 4. The Morgan fingerprint density at radius 1 is 1.29 bits per heavy atom. The van der Waals surface area contributed by atoms with Crippen molar-refractivity contribution in [2.45, 2.75) is 50.2 Å². The number of rotatable bonds is 2. The van der Waals surface area contributed by atoms with E-state index in [1.165, 1.54) is 6.04 Å². The van der Waals surface area contributed by atoms with Crippen molar-refractivity contribution in [1.82, 2.24) is 0 Å². The molecule has 0 radical (unpaired) electrons. The molecule has 0 fully saturated rings. The van der Waals surface area contributed by atoms with Gasteiger partial charge in [0.1, 0.15) is 0 Å². The molecule has 0 aromatic rings. The molecule has 0 saturated carbocycles. The second kappa shape index (κ2) is 3.77. The molecule has 0 aromatic carbocycles. The maximum atomic E-state index is 2.48. The summed E-state index contributed by atoms with van der Waals surface area (Å²) in [5.74, 6) is 0. The molecule has 77 valence electrons. The third-order valence-electron chi connectivity index (χ3n) is 3.01. The van der Waals surface area contributed by atoms with E-state index < -0.39 is 8.07 Å². The van der Waals surface area contributed by atoms with Gasteiger partial charge in [-0.05, 0) is 0 Å². The number of hydrogen-bond donors (Lipinski definition) is 0. The summed E-state index contributed by atoms with van der Waals surface area (Å²) >= 11 is 2.32. The second-order valence-corrected chi connectivity index (χ2v) is 13.0. The molecule has 0 spiro atoms. The van der Waals surface area contributed by atoms with Crippen molar-refractivity contribution in [1.29, 1.82) is 0 Å². The zero-order valence-corrected chi connectivity index (χ0v) is 12.8. The molecule has 2 heteroatoms.